The monoisotopic (exact) mass is 239 g/mol. The summed E-state index contributed by atoms with van der Waals surface area (Å²) in [5.41, 5.74) is 0. The van der Waals surface area contributed by atoms with Gasteiger partial charge in [-0.2, -0.15) is 0 Å². The summed E-state index contributed by atoms with van der Waals surface area (Å²) in [4.78, 5) is 0. The topological polar surface area (TPSA) is 21.3 Å². The molecule has 2 unspecified atom stereocenters. The average Bonchev–Trinajstić information content (AvgIpc) is 2.62. The third-order valence-electron chi connectivity index (χ3n) is 4.70. The molecule has 100 valence electrons. The third kappa shape index (κ3) is 4.59. The molecule has 1 saturated heterocycles. The van der Waals surface area contributed by atoms with Gasteiger partial charge >= 0.3 is 0 Å². The van der Waals surface area contributed by atoms with Gasteiger partial charge in [-0.15, -0.1) is 0 Å². The fourth-order valence-corrected chi connectivity index (χ4v) is 3.27. The SMILES string of the molecule is CCC1CCCC(NCC2CCOCC2)CC1. The van der Waals surface area contributed by atoms with E-state index < -0.39 is 0 Å². The largest absolute Gasteiger partial charge is 0.381 e. The highest BCUT2D eigenvalue weighted by Gasteiger charge is 2.19. The molecule has 2 rings (SSSR count). The summed E-state index contributed by atoms with van der Waals surface area (Å²) in [5.74, 6) is 1.87. The molecule has 0 spiro atoms. The molecule has 1 N–H and O–H groups in total. The highest BCUT2D eigenvalue weighted by Crippen LogP contribution is 2.25. The van der Waals surface area contributed by atoms with Crippen molar-refractivity contribution in [3.63, 3.8) is 0 Å². The minimum absolute atomic E-state index is 0.800. The summed E-state index contributed by atoms with van der Waals surface area (Å²) in [6.45, 7) is 5.54. The molecule has 0 aromatic carbocycles. The molecule has 2 nitrogen and oxygen atoms in total. The lowest BCUT2D eigenvalue weighted by molar-refractivity contribution is 0.0652. The number of hydrogen-bond donors (Lipinski definition) is 1. The molecule has 1 saturated carbocycles. The molecule has 0 radical (unpaired) electrons. The van der Waals surface area contributed by atoms with E-state index in [-0.39, 0.29) is 0 Å². The molecular formula is C15H29NO. The van der Waals surface area contributed by atoms with E-state index in [2.05, 4.69) is 12.2 Å². The van der Waals surface area contributed by atoms with E-state index in [9.17, 15) is 0 Å². The highest BCUT2D eigenvalue weighted by atomic mass is 16.5. The number of rotatable bonds is 4. The number of ether oxygens (including phenoxy) is 1. The number of hydrogen-bond acceptors (Lipinski definition) is 2. The molecule has 0 bridgehead atoms. The number of nitrogens with one attached hydrogen (secondary N) is 1. The van der Waals surface area contributed by atoms with E-state index in [1.165, 1.54) is 57.9 Å². The quantitative estimate of drug-likeness (QED) is 0.760. The van der Waals surface area contributed by atoms with Crippen LogP contribution < -0.4 is 5.32 Å². The molecule has 2 atom stereocenters. The van der Waals surface area contributed by atoms with Crippen molar-refractivity contribution in [2.75, 3.05) is 19.8 Å². The van der Waals surface area contributed by atoms with Crippen molar-refractivity contribution < 1.29 is 4.74 Å². The van der Waals surface area contributed by atoms with Gasteiger partial charge in [0, 0.05) is 19.3 Å². The van der Waals surface area contributed by atoms with Gasteiger partial charge in [-0.1, -0.05) is 26.2 Å². The van der Waals surface area contributed by atoms with Crippen LogP contribution in [0.5, 0.6) is 0 Å². The first-order valence-corrected chi connectivity index (χ1v) is 7.69. The van der Waals surface area contributed by atoms with Gasteiger partial charge in [0.25, 0.3) is 0 Å². The predicted octanol–water partition coefficient (Wildman–Crippen LogP) is 3.36. The Bertz CT molecular complexity index is 201. The summed E-state index contributed by atoms with van der Waals surface area (Å²) < 4.78 is 5.41. The molecule has 0 aromatic heterocycles. The molecule has 2 fully saturated rings. The fourth-order valence-electron chi connectivity index (χ4n) is 3.27. The van der Waals surface area contributed by atoms with E-state index in [0.29, 0.717) is 0 Å². The second kappa shape index (κ2) is 7.38. The van der Waals surface area contributed by atoms with Crippen molar-refractivity contribution in [3.05, 3.63) is 0 Å². The average molecular weight is 239 g/mol. The van der Waals surface area contributed by atoms with E-state index >= 15 is 0 Å². The molecule has 0 amide bonds. The fraction of sp³-hybridized carbons (Fsp3) is 1.00. The van der Waals surface area contributed by atoms with E-state index in [1.807, 2.05) is 0 Å². The lowest BCUT2D eigenvalue weighted by Gasteiger charge is -2.25. The Hall–Kier alpha value is -0.0800. The summed E-state index contributed by atoms with van der Waals surface area (Å²) in [6.07, 6.45) is 11.1. The third-order valence-corrected chi connectivity index (χ3v) is 4.70. The Morgan fingerprint density at radius 3 is 2.53 bits per heavy atom. The van der Waals surface area contributed by atoms with Crippen LogP contribution in [0.25, 0.3) is 0 Å². The van der Waals surface area contributed by atoms with Crippen molar-refractivity contribution in [2.24, 2.45) is 11.8 Å². The van der Waals surface area contributed by atoms with Gasteiger partial charge in [0.15, 0.2) is 0 Å². The molecule has 1 heterocycles. The van der Waals surface area contributed by atoms with Gasteiger partial charge in [-0.3, -0.25) is 0 Å². The summed E-state index contributed by atoms with van der Waals surface area (Å²) in [5, 5.41) is 3.82. The zero-order chi connectivity index (χ0) is 11.9. The minimum Gasteiger partial charge on any atom is -0.381 e. The van der Waals surface area contributed by atoms with Gasteiger partial charge in [0.2, 0.25) is 0 Å². The van der Waals surface area contributed by atoms with Crippen molar-refractivity contribution in [3.8, 4) is 0 Å². The zero-order valence-corrected chi connectivity index (χ0v) is 11.4. The minimum atomic E-state index is 0.800. The van der Waals surface area contributed by atoms with E-state index in [4.69, 9.17) is 4.74 Å². The van der Waals surface area contributed by atoms with Crippen LogP contribution in [0.1, 0.15) is 58.3 Å². The van der Waals surface area contributed by atoms with E-state index in [0.717, 1.165) is 31.1 Å². The lowest BCUT2D eigenvalue weighted by atomic mass is 9.97. The first kappa shape index (κ1) is 13.4. The van der Waals surface area contributed by atoms with Crippen LogP contribution >= 0.6 is 0 Å². The van der Waals surface area contributed by atoms with Crippen LogP contribution in [0.2, 0.25) is 0 Å². The summed E-state index contributed by atoms with van der Waals surface area (Å²) in [7, 11) is 0. The second-order valence-corrected chi connectivity index (χ2v) is 5.94. The smallest absolute Gasteiger partial charge is 0.0469 e. The zero-order valence-electron chi connectivity index (χ0n) is 11.4. The predicted molar refractivity (Wildman–Crippen MR) is 72.2 cm³/mol. The molecule has 1 aliphatic carbocycles. The van der Waals surface area contributed by atoms with Crippen LogP contribution in [-0.2, 0) is 4.74 Å². The molecule has 0 aromatic rings. The van der Waals surface area contributed by atoms with Crippen molar-refractivity contribution in [2.45, 2.75) is 64.3 Å². The van der Waals surface area contributed by atoms with Crippen LogP contribution in [0.4, 0.5) is 0 Å². The van der Waals surface area contributed by atoms with Crippen molar-refractivity contribution >= 4 is 0 Å². The highest BCUT2D eigenvalue weighted by molar-refractivity contribution is 4.76. The lowest BCUT2D eigenvalue weighted by Crippen LogP contribution is -2.35. The maximum Gasteiger partial charge on any atom is 0.0469 e. The van der Waals surface area contributed by atoms with Crippen molar-refractivity contribution in [1.29, 1.82) is 0 Å². The van der Waals surface area contributed by atoms with Gasteiger partial charge in [0.05, 0.1) is 0 Å². The second-order valence-electron chi connectivity index (χ2n) is 5.94. The molecule has 17 heavy (non-hydrogen) atoms. The Kier molecular flexibility index (Phi) is 5.79. The Morgan fingerprint density at radius 1 is 0.941 bits per heavy atom. The molecule has 2 aliphatic rings. The first-order valence-electron chi connectivity index (χ1n) is 7.69. The normalized spacial score (nSPS) is 32.3. The van der Waals surface area contributed by atoms with Crippen LogP contribution in [0.15, 0.2) is 0 Å². The van der Waals surface area contributed by atoms with Crippen LogP contribution in [-0.4, -0.2) is 25.8 Å². The Morgan fingerprint density at radius 2 is 1.76 bits per heavy atom. The van der Waals surface area contributed by atoms with Crippen LogP contribution in [0, 0.1) is 11.8 Å². The van der Waals surface area contributed by atoms with Gasteiger partial charge in [0.1, 0.15) is 0 Å². The van der Waals surface area contributed by atoms with Gasteiger partial charge in [-0.05, 0) is 50.5 Å². The summed E-state index contributed by atoms with van der Waals surface area (Å²) in [6, 6.07) is 0.800. The van der Waals surface area contributed by atoms with Gasteiger partial charge < -0.3 is 10.1 Å². The molecule has 1 aliphatic heterocycles. The van der Waals surface area contributed by atoms with Gasteiger partial charge in [-0.25, -0.2) is 0 Å². The molecular weight excluding hydrogens is 210 g/mol. The molecule has 2 heteroatoms. The first-order chi connectivity index (χ1) is 8.38. The Labute approximate surface area is 107 Å². The summed E-state index contributed by atoms with van der Waals surface area (Å²) >= 11 is 0. The van der Waals surface area contributed by atoms with E-state index in [1.54, 1.807) is 0 Å². The standard InChI is InChI=1S/C15H29NO/c1-2-13-4-3-5-15(7-6-13)16-12-14-8-10-17-11-9-14/h13-16H,2-12H2,1H3. The maximum absolute atomic E-state index is 5.41. The van der Waals surface area contributed by atoms with Crippen molar-refractivity contribution in [1.82, 2.24) is 5.32 Å². The van der Waals surface area contributed by atoms with Crippen LogP contribution in [0.3, 0.4) is 0 Å². The maximum atomic E-state index is 5.41. The Balaban J connectivity index is 1.64.